The van der Waals surface area contributed by atoms with Gasteiger partial charge in [-0.25, -0.2) is 0 Å². The van der Waals surface area contributed by atoms with Crippen molar-refractivity contribution in [2.75, 3.05) is 0 Å². The third-order valence-corrected chi connectivity index (χ3v) is 0.969. The van der Waals surface area contributed by atoms with Crippen LogP contribution in [-0.2, 0) is 0 Å². The van der Waals surface area contributed by atoms with Crippen LogP contribution >= 0.6 is 0 Å². The maximum Gasteiger partial charge on any atom is 0.0535 e. The Hall–Kier alpha value is 0.519. The van der Waals surface area contributed by atoms with E-state index in [0.29, 0.717) is 0 Å². The largest absolute Gasteiger partial charge is 0.0970 e. The molecule has 10 radical (unpaired) electrons. The molecule has 0 aromatic heterocycles. The summed E-state index contributed by atoms with van der Waals surface area (Å²) in [6.45, 7) is 0. The van der Waals surface area contributed by atoms with E-state index in [0.717, 1.165) is 12.6 Å². The van der Waals surface area contributed by atoms with E-state index in [9.17, 15) is 0 Å². The number of rotatable bonds is 7. The lowest BCUT2D eigenvalue weighted by molar-refractivity contribution is 1.45. The molecule has 10 heavy (non-hydrogen) atoms. The molecule has 0 aromatic carbocycles. The zero-order chi connectivity index (χ0) is 7.66. The molecule has 0 saturated heterocycles. The Morgan fingerprint density at radius 2 is 1.70 bits per heavy atom. The van der Waals surface area contributed by atoms with Gasteiger partial charge >= 0.3 is 0 Å². The molecule has 8 heteroatoms. The quantitative estimate of drug-likeness (QED) is 0.262. The average Bonchev–Trinajstić information content (AvgIpc) is 1.97. The van der Waals surface area contributed by atoms with Gasteiger partial charge in [0.1, 0.15) is 0 Å². The van der Waals surface area contributed by atoms with Crippen molar-refractivity contribution in [3.63, 3.8) is 0 Å². The molecule has 0 amide bonds. The minimum absolute atomic E-state index is 0.927. The first-order chi connectivity index (χ1) is 4.91. The Balaban J connectivity index is 2.65. The van der Waals surface area contributed by atoms with Gasteiger partial charge in [0.25, 0.3) is 0 Å². The lowest BCUT2D eigenvalue weighted by atomic mass is 8.98. The van der Waals surface area contributed by atoms with Crippen molar-refractivity contribution in [3.8, 4) is 0 Å². The van der Waals surface area contributed by atoms with Crippen LogP contribution in [0.15, 0.2) is 0 Å². The maximum absolute atomic E-state index is 5.17. The standard InChI is InChI=1S/C2H4B8/c3-5-1-2-6-8-10-9-7-4/h1-2H2. The monoisotopic (exact) mass is 116 g/mol. The molecule has 36 valence electrons. The van der Waals surface area contributed by atoms with Crippen LogP contribution in [0.4, 0.5) is 0 Å². The highest BCUT2D eigenvalue weighted by Gasteiger charge is 1.92. The summed E-state index contributed by atoms with van der Waals surface area (Å²) in [5, 5.41) is 0. The molecule has 0 spiro atoms. The summed E-state index contributed by atoms with van der Waals surface area (Å²) in [5.41, 5.74) is 0. The molecule has 0 nitrogen and oxygen atoms in total. The summed E-state index contributed by atoms with van der Waals surface area (Å²) < 4.78 is 0. The molecule has 0 aliphatic heterocycles. The smallest absolute Gasteiger partial charge is 0.0535 e. The van der Waals surface area contributed by atoms with Crippen molar-refractivity contribution in [1.29, 1.82) is 0 Å². The van der Waals surface area contributed by atoms with Gasteiger partial charge in [0.15, 0.2) is 0 Å². The highest BCUT2D eigenvalue weighted by Crippen LogP contribution is 1.82. The summed E-state index contributed by atoms with van der Waals surface area (Å²) in [7, 11) is 21.1. The van der Waals surface area contributed by atoms with E-state index >= 15 is 0 Å². The highest BCUT2D eigenvalue weighted by molar-refractivity contribution is 7.57. The normalized spacial score (nSPS) is 7.60. The van der Waals surface area contributed by atoms with E-state index in [2.05, 4.69) is 0 Å². The van der Waals surface area contributed by atoms with Gasteiger partial charge in [0, 0.05) is 43.7 Å². The van der Waals surface area contributed by atoms with Gasteiger partial charge in [0.05, 0.1) is 14.3 Å². The van der Waals surface area contributed by atoms with Crippen LogP contribution in [0.25, 0.3) is 0 Å². The Bertz CT molecular complexity index is 47.2. The fourth-order valence-corrected chi connectivity index (χ4v) is 0.496. The summed E-state index contributed by atoms with van der Waals surface area (Å²) in [6.07, 6.45) is 1.92. The Morgan fingerprint density at radius 3 is 2.30 bits per heavy atom. The van der Waals surface area contributed by atoms with E-state index in [4.69, 9.17) is 15.5 Å². The predicted molar refractivity (Wildman–Crippen MR) is 55.6 cm³/mol. The van der Waals surface area contributed by atoms with E-state index in [1.807, 2.05) is 21.3 Å². The molecule has 0 aliphatic carbocycles. The molecule has 0 saturated carbocycles. The molecule has 0 atom stereocenters. The minimum Gasteiger partial charge on any atom is -0.0970 e. The molecule has 0 unspecified atom stereocenters. The lowest BCUT2D eigenvalue weighted by Crippen LogP contribution is -2.23. The molecule has 0 rings (SSSR count). The van der Waals surface area contributed by atoms with Crippen molar-refractivity contribution in [2.45, 2.75) is 12.6 Å². The highest BCUT2D eigenvalue weighted by atomic mass is 13.5. The first-order valence-electron chi connectivity index (χ1n) is 3.32. The molecule has 0 fully saturated rings. The lowest BCUT2D eigenvalue weighted by Gasteiger charge is -1.93. The van der Waals surface area contributed by atoms with Crippen LogP contribution in [0.2, 0.25) is 12.6 Å². The fraction of sp³-hybridized carbons (Fsp3) is 1.00. The number of hydrogen-bond donors (Lipinski definition) is 0. The minimum atomic E-state index is 0.927. The van der Waals surface area contributed by atoms with Gasteiger partial charge in [-0.15, -0.1) is 0 Å². The van der Waals surface area contributed by atoms with Gasteiger partial charge in [-0.2, -0.15) is 0 Å². The molecule has 0 N–H and O–H groups in total. The van der Waals surface area contributed by atoms with Crippen molar-refractivity contribution < 1.29 is 0 Å². The molecule has 0 heterocycles. The van der Waals surface area contributed by atoms with Crippen LogP contribution in [0, 0.1) is 0 Å². The summed E-state index contributed by atoms with van der Waals surface area (Å²) in [4.78, 5) is 0. The van der Waals surface area contributed by atoms with Crippen molar-refractivity contribution >= 4 is 58.1 Å². The second-order valence-corrected chi connectivity index (χ2v) is 1.82. The van der Waals surface area contributed by atoms with E-state index in [-0.39, 0.29) is 0 Å². The van der Waals surface area contributed by atoms with E-state index in [1.165, 1.54) is 7.06 Å². The average molecular weight is 115 g/mol. The second kappa shape index (κ2) is 9.52. The Morgan fingerprint density at radius 1 is 0.900 bits per heavy atom. The van der Waals surface area contributed by atoms with Gasteiger partial charge in [-0.3, -0.25) is 0 Å². The molecular formula is C2H4B8. The van der Waals surface area contributed by atoms with Crippen molar-refractivity contribution in [3.05, 3.63) is 0 Å². The molecular weight excluding hydrogens is 111 g/mol. The fourth-order valence-electron chi connectivity index (χ4n) is 0.496. The van der Waals surface area contributed by atoms with Crippen molar-refractivity contribution in [1.82, 2.24) is 0 Å². The zero-order valence-corrected chi connectivity index (χ0v) is 6.03. The SMILES string of the molecule is [B][B][B][B][B][B]CC[B][B]. The third-order valence-electron chi connectivity index (χ3n) is 0.969. The zero-order valence-electron chi connectivity index (χ0n) is 6.03. The summed E-state index contributed by atoms with van der Waals surface area (Å²) in [5.74, 6) is 0. The van der Waals surface area contributed by atoms with Gasteiger partial charge in [0.2, 0.25) is 0 Å². The van der Waals surface area contributed by atoms with Crippen LogP contribution in [-0.4, -0.2) is 58.1 Å². The van der Waals surface area contributed by atoms with Crippen LogP contribution in [0.1, 0.15) is 0 Å². The topological polar surface area (TPSA) is 0 Å². The Kier molecular flexibility index (Phi) is 10.0. The summed E-state index contributed by atoms with van der Waals surface area (Å²) >= 11 is 0. The molecule has 0 aromatic rings. The molecule has 0 aliphatic rings. The van der Waals surface area contributed by atoms with Crippen molar-refractivity contribution in [2.24, 2.45) is 0 Å². The van der Waals surface area contributed by atoms with E-state index < -0.39 is 0 Å². The van der Waals surface area contributed by atoms with Crippen LogP contribution < -0.4 is 0 Å². The van der Waals surface area contributed by atoms with Gasteiger partial charge in [-0.05, 0) is 0 Å². The second-order valence-electron chi connectivity index (χ2n) is 1.82. The van der Waals surface area contributed by atoms with Crippen LogP contribution in [0.3, 0.4) is 0 Å². The third kappa shape index (κ3) is 8.52. The molecule has 0 bridgehead atoms. The number of hydrogen-bond acceptors (Lipinski definition) is 0. The first-order valence-corrected chi connectivity index (χ1v) is 3.32. The Labute approximate surface area is 71.2 Å². The maximum atomic E-state index is 5.17. The van der Waals surface area contributed by atoms with Crippen LogP contribution in [0.5, 0.6) is 0 Å². The first kappa shape index (κ1) is 10.5. The van der Waals surface area contributed by atoms with E-state index in [1.54, 1.807) is 14.2 Å². The van der Waals surface area contributed by atoms with Gasteiger partial charge in [-0.1, -0.05) is 12.6 Å². The predicted octanol–water partition coefficient (Wildman–Crippen LogP) is -2.12. The summed E-state index contributed by atoms with van der Waals surface area (Å²) in [6, 6.07) is 0. The van der Waals surface area contributed by atoms with Gasteiger partial charge < -0.3 is 0 Å².